The van der Waals surface area contributed by atoms with Gasteiger partial charge in [-0.1, -0.05) is 49.9 Å². The molecule has 1 aromatic rings. The maximum absolute atomic E-state index is 12.2. The van der Waals surface area contributed by atoms with E-state index in [0.717, 1.165) is 17.5 Å². The van der Waals surface area contributed by atoms with Crippen molar-refractivity contribution in [2.24, 2.45) is 5.92 Å². The highest BCUT2D eigenvalue weighted by Crippen LogP contribution is 2.28. The van der Waals surface area contributed by atoms with E-state index in [4.69, 9.17) is 5.11 Å². The lowest BCUT2D eigenvalue weighted by molar-refractivity contribution is -0.137. The monoisotopic (exact) mass is 303 g/mol. The second-order valence-corrected chi connectivity index (χ2v) is 6.26. The Balaban J connectivity index is 1.95. The van der Waals surface area contributed by atoms with Gasteiger partial charge < -0.3 is 10.4 Å². The Hall–Kier alpha value is -1.84. The van der Waals surface area contributed by atoms with Gasteiger partial charge in [0.2, 0.25) is 5.91 Å². The average Bonchev–Trinajstić information content (AvgIpc) is 2.98. The highest BCUT2D eigenvalue weighted by Gasteiger charge is 2.21. The third-order valence-electron chi connectivity index (χ3n) is 4.53. The number of hydrogen-bond acceptors (Lipinski definition) is 2. The van der Waals surface area contributed by atoms with Gasteiger partial charge in [-0.3, -0.25) is 9.59 Å². The molecule has 2 rings (SSSR count). The molecule has 0 aromatic heterocycles. The summed E-state index contributed by atoms with van der Waals surface area (Å²) in [7, 11) is 0. The SMILES string of the molecule is Cc1ccccc1C(CC(=O)O)NC(=O)CCC1CCCC1. The fourth-order valence-electron chi connectivity index (χ4n) is 3.29. The van der Waals surface area contributed by atoms with Crippen molar-refractivity contribution in [1.82, 2.24) is 5.32 Å². The molecule has 0 spiro atoms. The van der Waals surface area contributed by atoms with E-state index in [-0.39, 0.29) is 12.3 Å². The number of carbonyl (C=O) groups is 2. The summed E-state index contributed by atoms with van der Waals surface area (Å²) in [6, 6.07) is 7.17. The van der Waals surface area contributed by atoms with Crippen LogP contribution >= 0.6 is 0 Å². The van der Waals surface area contributed by atoms with Gasteiger partial charge in [0.15, 0.2) is 0 Å². The molecule has 1 atom stereocenters. The number of rotatable bonds is 7. The van der Waals surface area contributed by atoms with Crippen LogP contribution in [0.4, 0.5) is 0 Å². The first kappa shape index (κ1) is 16.5. The molecule has 0 heterocycles. The number of benzene rings is 1. The highest BCUT2D eigenvalue weighted by atomic mass is 16.4. The zero-order valence-electron chi connectivity index (χ0n) is 13.2. The summed E-state index contributed by atoms with van der Waals surface area (Å²) in [6.45, 7) is 1.94. The van der Waals surface area contributed by atoms with Gasteiger partial charge in [-0.05, 0) is 30.4 Å². The molecule has 1 aliphatic carbocycles. The largest absolute Gasteiger partial charge is 0.481 e. The number of carboxylic acid groups (broad SMARTS) is 1. The molecule has 1 saturated carbocycles. The smallest absolute Gasteiger partial charge is 0.305 e. The second-order valence-electron chi connectivity index (χ2n) is 6.26. The fourth-order valence-corrected chi connectivity index (χ4v) is 3.29. The molecule has 120 valence electrons. The van der Waals surface area contributed by atoms with E-state index >= 15 is 0 Å². The standard InChI is InChI=1S/C18H25NO3/c1-13-6-2-5-9-15(13)16(12-18(21)22)19-17(20)11-10-14-7-3-4-8-14/h2,5-6,9,14,16H,3-4,7-8,10-12H2,1H3,(H,19,20)(H,21,22). The molecule has 1 unspecified atom stereocenters. The summed E-state index contributed by atoms with van der Waals surface area (Å²) in [5, 5.41) is 12.0. The molecule has 0 saturated heterocycles. The molecule has 4 heteroatoms. The lowest BCUT2D eigenvalue weighted by Crippen LogP contribution is -2.30. The molecule has 4 nitrogen and oxygen atoms in total. The Morgan fingerprint density at radius 3 is 2.59 bits per heavy atom. The van der Waals surface area contributed by atoms with Gasteiger partial charge in [-0.2, -0.15) is 0 Å². The van der Waals surface area contributed by atoms with Crippen LogP contribution in [0.25, 0.3) is 0 Å². The lowest BCUT2D eigenvalue weighted by Gasteiger charge is -2.20. The summed E-state index contributed by atoms with van der Waals surface area (Å²) in [6.07, 6.45) is 6.33. The molecule has 2 N–H and O–H groups in total. The van der Waals surface area contributed by atoms with Crippen LogP contribution in [0.5, 0.6) is 0 Å². The van der Waals surface area contributed by atoms with Gasteiger partial charge in [0.05, 0.1) is 12.5 Å². The van der Waals surface area contributed by atoms with E-state index in [1.165, 1.54) is 25.7 Å². The van der Waals surface area contributed by atoms with Gasteiger partial charge in [0.1, 0.15) is 0 Å². The van der Waals surface area contributed by atoms with Crippen molar-refractivity contribution in [3.05, 3.63) is 35.4 Å². The number of aliphatic carboxylic acids is 1. The van der Waals surface area contributed by atoms with E-state index in [2.05, 4.69) is 5.32 Å². The van der Waals surface area contributed by atoms with Crippen LogP contribution in [0.15, 0.2) is 24.3 Å². The van der Waals surface area contributed by atoms with E-state index in [1.54, 1.807) is 0 Å². The molecule has 0 aliphatic heterocycles. The van der Waals surface area contributed by atoms with Crippen molar-refractivity contribution in [3.8, 4) is 0 Å². The van der Waals surface area contributed by atoms with Crippen molar-refractivity contribution in [3.63, 3.8) is 0 Å². The second kappa shape index (κ2) is 7.97. The molecule has 1 aliphatic rings. The predicted octanol–water partition coefficient (Wildman–Crippen LogP) is 3.60. The summed E-state index contributed by atoms with van der Waals surface area (Å²) >= 11 is 0. The van der Waals surface area contributed by atoms with E-state index in [0.29, 0.717) is 12.3 Å². The van der Waals surface area contributed by atoms with Crippen molar-refractivity contribution in [2.45, 2.75) is 57.9 Å². The average molecular weight is 303 g/mol. The Labute approximate surface area is 131 Å². The van der Waals surface area contributed by atoms with Crippen LogP contribution in [-0.4, -0.2) is 17.0 Å². The Morgan fingerprint density at radius 2 is 1.95 bits per heavy atom. The Bertz CT molecular complexity index is 521. The summed E-state index contributed by atoms with van der Waals surface area (Å²) in [4.78, 5) is 23.3. The molecule has 22 heavy (non-hydrogen) atoms. The van der Waals surface area contributed by atoms with E-state index in [1.807, 2.05) is 31.2 Å². The van der Waals surface area contributed by atoms with E-state index in [9.17, 15) is 9.59 Å². The number of amides is 1. The maximum atomic E-state index is 12.2. The van der Waals surface area contributed by atoms with Crippen LogP contribution in [-0.2, 0) is 9.59 Å². The van der Waals surface area contributed by atoms with E-state index < -0.39 is 12.0 Å². The minimum Gasteiger partial charge on any atom is -0.481 e. The van der Waals surface area contributed by atoms with Crippen LogP contribution in [0.2, 0.25) is 0 Å². The number of hydrogen-bond donors (Lipinski definition) is 2. The van der Waals surface area contributed by atoms with Crippen LogP contribution in [0.1, 0.15) is 62.1 Å². The maximum Gasteiger partial charge on any atom is 0.305 e. The highest BCUT2D eigenvalue weighted by molar-refractivity contribution is 5.77. The zero-order valence-corrected chi connectivity index (χ0v) is 13.2. The molecular formula is C18H25NO3. The van der Waals surface area contributed by atoms with Crippen molar-refractivity contribution in [1.29, 1.82) is 0 Å². The fraction of sp³-hybridized carbons (Fsp3) is 0.556. The first-order valence-corrected chi connectivity index (χ1v) is 8.13. The molecule has 0 bridgehead atoms. The first-order chi connectivity index (χ1) is 10.6. The predicted molar refractivity (Wildman–Crippen MR) is 85.5 cm³/mol. The number of carboxylic acids is 1. The van der Waals surface area contributed by atoms with Crippen molar-refractivity contribution in [2.75, 3.05) is 0 Å². The molecule has 1 amide bonds. The Kier molecular flexibility index (Phi) is 5.99. The summed E-state index contributed by atoms with van der Waals surface area (Å²) in [5.41, 5.74) is 1.89. The number of aryl methyl sites for hydroxylation is 1. The quantitative estimate of drug-likeness (QED) is 0.809. The molecule has 1 aromatic carbocycles. The third-order valence-corrected chi connectivity index (χ3v) is 4.53. The van der Waals surface area contributed by atoms with Gasteiger partial charge >= 0.3 is 5.97 Å². The Morgan fingerprint density at radius 1 is 1.27 bits per heavy atom. The topological polar surface area (TPSA) is 66.4 Å². The van der Waals surface area contributed by atoms with Gasteiger partial charge in [0, 0.05) is 6.42 Å². The molecule has 0 radical (unpaired) electrons. The minimum absolute atomic E-state index is 0.0404. The van der Waals surface area contributed by atoms with Crippen molar-refractivity contribution >= 4 is 11.9 Å². The summed E-state index contributed by atoms with van der Waals surface area (Å²) < 4.78 is 0. The van der Waals surface area contributed by atoms with Crippen LogP contribution in [0, 0.1) is 12.8 Å². The minimum atomic E-state index is -0.899. The molecule has 1 fully saturated rings. The lowest BCUT2D eigenvalue weighted by atomic mass is 9.97. The van der Waals surface area contributed by atoms with Gasteiger partial charge in [0.25, 0.3) is 0 Å². The third kappa shape index (κ3) is 4.86. The normalized spacial score (nSPS) is 16.4. The zero-order chi connectivity index (χ0) is 15.9. The van der Waals surface area contributed by atoms with Crippen LogP contribution in [0.3, 0.4) is 0 Å². The van der Waals surface area contributed by atoms with Crippen molar-refractivity contribution < 1.29 is 14.7 Å². The van der Waals surface area contributed by atoms with Gasteiger partial charge in [-0.25, -0.2) is 0 Å². The van der Waals surface area contributed by atoms with Gasteiger partial charge in [-0.15, -0.1) is 0 Å². The first-order valence-electron chi connectivity index (χ1n) is 8.13. The summed E-state index contributed by atoms with van der Waals surface area (Å²) in [5.74, 6) is -0.270. The number of nitrogens with one attached hydrogen (secondary N) is 1. The van der Waals surface area contributed by atoms with Crippen LogP contribution < -0.4 is 5.32 Å². The molecular weight excluding hydrogens is 278 g/mol. The number of carbonyl (C=O) groups excluding carboxylic acids is 1.